The van der Waals surface area contributed by atoms with E-state index in [0.29, 0.717) is 11.8 Å². The summed E-state index contributed by atoms with van der Waals surface area (Å²) in [6.07, 6.45) is 5.54. The summed E-state index contributed by atoms with van der Waals surface area (Å²) in [5, 5.41) is 16.7. The van der Waals surface area contributed by atoms with Gasteiger partial charge in [0.1, 0.15) is 0 Å². The number of hydrogen-bond donors (Lipinski definition) is 0. The minimum Gasteiger partial charge on any atom is -0.309 e. The number of aryl methyl sites for hydroxylation is 8. The molecule has 0 bridgehead atoms. The van der Waals surface area contributed by atoms with Crippen molar-refractivity contribution >= 4 is 131 Å². The second-order valence-electron chi connectivity index (χ2n) is 36.8. The van der Waals surface area contributed by atoms with Crippen molar-refractivity contribution in [2.45, 2.75) is 230 Å². The van der Waals surface area contributed by atoms with Gasteiger partial charge in [0.15, 0.2) is 0 Å². The summed E-state index contributed by atoms with van der Waals surface area (Å²) < 4.78 is 2.45. The number of halogens is 2. The molecule has 0 N–H and O–H groups in total. The first-order valence-corrected chi connectivity index (χ1v) is 41.0. The van der Waals surface area contributed by atoms with Crippen molar-refractivity contribution in [3.8, 4) is 0 Å². The van der Waals surface area contributed by atoms with E-state index in [4.69, 9.17) is 0 Å². The topological polar surface area (TPSA) is 6.48 Å². The first-order valence-electron chi connectivity index (χ1n) is 39.5. The average molecular weight is 1540 g/mol. The Morgan fingerprint density at radius 2 is 0.710 bits per heavy atom. The number of nitrogens with zero attached hydrogens (tertiary/aromatic N) is 2. The van der Waals surface area contributed by atoms with Crippen LogP contribution in [0.15, 0.2) is 197 Å². The molecule has 0 spiro atoms. The molecule has 0 fully saturated rings. The third-order valence-corrected chi connectivity index (χ3v) is 25.8. The summed E-state index contributed by atoms with van der Waals surface area (Å²) in [5.74, 6) is 0.819. The van der Waals surface area contributed by atoms with Crippen LogP contribution in [0.5, 0.6) is 0 Å². The van der Waals surface area contributed by atoms with Crippen LogP contribution in [0.3, 0.4) is 0 Å². The molecule has 14 aromatic carbocycles. The van der Waals surface area contributed by atoms with Crippen LogP contribution in [0.4, 0.5) is 34.1 Å². The lowest BCUT2D eigenvalue weighted by Gasteiger charge is -2.38. The molecule has 2 nitrogen and oxygen atoms in total. The minimum absolute atomic E-state index is 0.00212. The van der Waals surface area contributed by atoms with Gasteiger partial charge < -0.3 is 9.80 Å². The zero-order chi connectivity index (χ0) is 76.6. The molecule has 0 atom stereocenters. The Kier molecular flexibility index (Phi) is 19.8. The van der Waals surface area contributed by atoms with Gasteiger partial charge in [-0.25, -0.2) is 0 Å². The molecule has 548 valence electrons. The maximum Gasteiger partial charge on any atom is 0.0543 e. The van der Waals surface area contributed by atoms with E-state index in [-0.39, 0.29) is 27.1 Å². The van der Waals surface area contributed by atoms with Gasteiger partial charge in [-0.3, -0.25) is 0 Å². The molecule has 0 aliphatic heterocycles. The monoisotopic (exact) mass is 1530 g/mol. The van der Waals surface area contributed by atoms with E-state index in [9.17, 15) is 0 Å². The quantitative estimate of drug-likeness (QED) is 0.126. The number of rotatable bonds is 10. The fourth-order valence-electron chi connectivity index (χ4n) is 18.0. The smallest absolute Gasteiger partial charge is 0.0543 e. The Hall–Kier alpha value is -8.28. The number of anilines is 6. The highest BCUT2D eigenvalue weighted by molar-refractivity contribution is 9.11. The van der Waals surface area contributed by atoms with Crippen LogP contribution in [0.1, 0.15) is 237 Å². The number of hydrogen-bond acceptors (Lipinski definition) is 2. The summed E-state index contributed by atoms with van der Waals surface area (Å²) in [6, 6.07) is 72.4. The molecule has 0 saturated heterocycles. The number of para-hydroxylation sites is 2. The van der Waals surface area contributed by atoms with E-state index in [1.54, 1.807) is 0 Å². The SMILES string of the molecule is CC(C)c1cc(Br)c2cc3c4c(cc(Br)c5ccc1c2c54)CCC3(C)C.Cc1cccc(C)c1Cc1ccc(C(C)(C)C)cc1.Cc1cccc(C)c1N(c1ccc(C(C)(C)C)cc1)c1cc(C(C)C)c2ccc3c(N(c4ccc(C(C)(C)C)cc4)c4c(C)cccc4C)cc4c5c(cc1c2c35)C(C)(C)CC4. The second-order valence-corrected chi connectivity index (χ2v) is 38.5. The highest BCUT2D eigenvalue weighted by Gasteiger charge is 2.36. The van der Waals surface area contributed by atoms with Crippen molar-refractivity contribution in [2.24, 2.45) is 0 Å². The van der Waals surface area contributed by atoms with Gasteiger partial charge in [-0.15, -0.1) is 0 Å². The normalized spacial score (nSPS) is 14.2. The largest absolute Gasteiger partial charge is 0.309 e. The van der Waals surface area contributed by atoms with Crippen molar-refractivity contribution in [3.63, 3.8) is 0 Å². The van der Waals surface area contributed by atoms with Crippen molar-refractivity contribution in [1.29, 1.82) is 0 Å². The van der Waals surface area contributed by atoms with Gasteiger partial charge in [0.25, 0.3) is 0 Å². The maximum atomic E-state index is 3.90. The molecule has 0 aromatic heterocycles. The van der Waals surface area contributed by atoms with Crippen molar-refractivity contribution in [3.05, 3.63) is 292 Å². The molecule has 0 saturated carbocycles. The van der Waals surface area contributed by atoms with E-state index < -0.39 is 0 Å². The summed E-state index contributed by atoms with van der Waals surface area (Å²) in [6.45, 7) is 53.2. The Morgan fingerprint density at radius 1 is 0.355 bits per heavy atom. The van der Waals surface area contributed by atoms with Gasteiger partial charge in [0, 0.05) is 36.5 Å². The van der Waals surface area contributed by atoms with Crippen LogP contribution in [0.25, 0.3) is 64.6 Å². The molecular formula is C103H112Br2N2. The van der Waals surface area contributed by atoms with E-state index in [0.717, 1.165) is 25.7 Å². The zero-order valence-corrected chi connectivity index (χ0v) is 71.4. The van der Waals surface area contributed by atoms with Gasteiger partial charge in [0.05, 0.1) is 22.7 Å². The Labute approximate surface area is 657 Å². The van der Waals surface area contributed by atoms with E-state index in [1.807, 2.05) is 0 Å². The Balaban J connectivity index is 0.000000172. The lowest BCUT2D eigenvalue weighted by molar-refractivity contribution is 0.475. The van der Waals surface area contributed by atoms with Crippen LogP contribution in [0.2, 0.25) is 0 Å². The van der Waals surface area contributed by atoms with Gasteiger partial charge in [0.2, 0.25) is 0 Å². The Bertz CT molecular complexity index is 5680. The summed E-state index contributed by atoms with van der Waals surface area (Å²) in [4.78, 5) is 5.18. The fraction of sp³-hybridized carbons (Fsp3) is 0.340. The summed E-state index contributed by atoms with van der Waals surface area (Å²) in [7, 11) is 0. The highest BCUT2D eigenvalue weighted by Crippen LogP contribution is 2.57. The second kappa shape index (κ2) is 28.0. The predicted octanol–water partition coefficient (Wildman–Crippen LogP) is 31.3. The van der Waals surface area contributed by atoms with Crippen molar-refractivity contribution in [1.82, 2.24) is 0 Å². The fourth-order valence-corrected chi connectivity index (χ4v) is 19.2. The minimum atomic E-state index is 0.00212. The number of benzene rings is 14. The third kappa shape index (κ3) is 13.7. The van der Waals surface area contributed by atoms with Crippen molar-refractivity contribution in [2.75, 3.05) is 9.80 Å². The van der Waals surface area contributed by atoms with Crippen LogP contribution in [0, 0.1) is 41.5 Å². The maximum absolute atomic E-state index is 3.90. The lowest BCUT2D eigenvalue weighted by Crippen LogP contribution is -2.24. The predicted molar refractivity (Wildman–Crippen MR) is 476 cm³/mol. The van der Waals surface area contributed by atoms with Crippen LogP contribution >= 0.6 is 31.9 Å². The molecule has 2 aliphatic rings. The first kappa shape index (κ1) is 75.5. The average Bonchev–Trinajstić information content (AvgIpc) is 0.698. The van der Waals surface area contributed by atoms with E-state index in [2.05, 4.69) is 389 Å². The molecule has 0 unspecified atom stereocenters. The molecule has 16 rings (SSSR count). The molecule has 4 heteroatoms. The van der Waals surface area contributed by atoms with Gasteiger partial charge >= 0.3 is 0 Å². The summed E-state index contributed by atoms with van der Waals surface area (Å²) in [5.41, 5.74) is 31.5. The molecule has 0 heterocycles. The molecule has 14 aromatic rings. The van der Waals surface area contributed by atoms with Crippen molar-refractivity contribution < 1.29 is 0 Å². The zero-order valence-electron chi connectivity index (χ0n) is 68.2. The van der Waals surface area contributed by atoms with Crippen LogP contribution < -0.4 is 9.80 Å². The van der Waals surface area contributed by atoms with Gasteiger partial charge in [-0.2, -0.15) is 0 Å². The third-order valence-electron chi connectivity index (χ3n) is 24.5. The molecule has 2 aliphatic carbocycles. The first-order chi connectivity index (χ1) is 50.4. The van der Waals surface area contributed by atoms with E-state index >= 15 is 0 Å². The summed E-state index contributed by atoms with van der Waals surface area (Å²) >= 11 is 7.77. The molecule has 0 amide bonds. The van der Waals surface area contributed by atoms with Gasteiger partial charge in [-0.05, 0) is 316 Å². The Morgan fingerprint density at radius 3 is 1.15 bits per heavy atom. The van der Waals surface area contributed by atoms with Crippen LogP contribution in [-0.4, -0.2) is 0 Å². The molecule has 0 radical (unpaired) electrons. The van der Waals surface area contributed by atoms with E-state index in [1.165, 1.54) is 209 Å². The molecule has 107 heavy (non-hydrogen) atoms. The highest BCUT2D eigenvalue weighted by atomic mass is 79.9. The lowest BCUT2D eigenvalue weighted by atomic mass is 9.70. The molecular weight excluding hydrogens is 1420 g/mol. The van der Waals surface area contributed by atoms with Crippen LogP contribution in [-0.2, 0) is 46.3 Å². The van der Waals surface area contributed by atoms with Gasteiger partial charge in [-0.1, -0.05) is 277 Å². The standard InChI is InChI=1S/C60H66N2.C24H22Br2.C19H24/c1-36(2)48-35-52(62(57-39(5)19-16-20-40(57)6)45-27-23-43(24-28-45)59(10,11)12)49-34-50-53-41(31-32-60(50,13)14)33-51(47-30-29-46(48)54(49)55(47)53)61(56-37(3)17-15-18-38(56)4)44-25-21-42(22-26-44)58(7,8)9;1-12(2)16-11-20(26)17-10-18-21-13(7-8-24(18,3)4)9-19(25)15-6-5-14(16)22(17)23(15)21;1-14-7-6-8-15(2)18(14)13-16-9-11-17(12-10-16)19(3,4)5/h15-30,33-36H,31-32H2,1-14H3;5-6,9-12H,7-8H2,1-4H3;6-12H,13H2,1-5H3.